The minimum atomic E-state index is -0.794. The third kappa shape index (κ3) is 4.15. The number of aryl methyl sites for hydroxylation is 2. The minimum absolute atomic E-state index is 0.0739. The number of ether oxygens (including phenoxy) is 1. The van der Waals surface area contributed by atoms with E-state index in [-0.39, 0.29) is 24.0 Å². The van der Waals surface area contributed by atoms with Gasteiger partial charge in [-0.05, 0) is 49.6 Å². The minimum Gasteiger partial charge on any atom is -0.506 e. The lowest BCUT2D eigenvalue weighted by molar-refractivity contribution is -0.118. The van der Waals surface area contributed by atoms with Crippen molar-refractivity contribution in [3.05, 3.63) is 53.1 Å². The number of phenolic OH excluding ortho intramolecular Hbond substituents is 1. The zero-order chi connectivity index (χ0) is 18.5. The molecule has 0 aromatic heterocycles. The molecule has 1 atom stereocenters. The van der Waals surface area contributed by atoms with Crippen molar-refractivity contribution in [2.75, 3.05) is 25.0 Å². The van der Waals surface area contributed by atoms with E-state index < -0.39 is 6.10 Å². The van der Waals surface area contributed by atoms with Gasteiger partial charge < -0.3 is 25.6 Å². The molecule has 0 radical (unpaired) electrons. The summed E-state index contributed by atoms with van der Waals surface area (Å²) in [5.74, 6) is -0.0669. The first kappa shape index (κ1) is 18.2. The van der Waals surface area contributed by atoms with Crippen molar-refractivity contribution in [2.45, 2.75) is 25.9 Å². The highest BCUT2D eigenvalue weighted by Crippen LogP contribution is 2.41. The number of benzene rings is 2. The van der Waals surface area contributed by atoms with Crippen LogP contribution in [-0.2, 0) is 11.2 Å². The lowest BCUT2D eigenvalue weighted by atomic mass is 10.0. The van der Waals surface area contributed by atoms with Gasteiger partial charge in [0, 0.05) is 12.1 Å². The van der Waals surface area contributed by atoms with Crippen molar-refractivity contribution in [3.8, 4) is 11.5 Å². The average molecular weight is 356 g/mol. The van der Waals surface area contributed by atoms with Crippen LogP contribution in [0.5, 0.6) is 11.5 Å². The highest BCUT2D eigenvalue weighted by Gasteiger charge is 2.25. The van der Waals surface area contributed by atoms with Crippen LogP contribution in [0.25, 0.3) is 0 Å². The van der Waals surface area contributed by atoms with Crippen LogP contribution in [0.1, 0.15) is 29.2 Å². The van der Waals surface area contributed by atoms with Gasteiger partial charge in [-0.3, -0.25) is 4.79 Å². The molecule has 6 heteroatoms. The Balaban J connectivity index is 1.53. The fraction of sp³-hybridized carbons (Fsp3) is 0.350. The van der Waals surface area contributed by atoms with E-state index in [1.807, 2.05) is 12.1 Å². The van der Waals surface area contributed by atoms with Gasteiger partial charge in [-0.15, -0.1) is 0 Å². The van der Waals surface area contributed by atoms with Crippen LogP contribution in [-0.4, -0.2) is 35.8 Å². The molecular formula is C20H24N2O4. The number of fused-ring (bicyclic) bond motifs is 1. The summed E-state index contributed by atoms with van der Waals surface area (Å²) in [5, 5.41) is 26.1. The van der Waals surface area contributed by atoms with Crippen LogP contribution in [0, 0.1) is 6.92 Å². The smallest absolute Gasteiger partial charge is 0.262 e. The maximum Gasteiger partial charge on any atom is 0.262 e. The van der Waals surface area contributed by atoms with E-state index in [9.17, 15) is 15.0 Å². The molecule has 0 spiro atoms. The van der Waals surface area contributed by atoms with E-state index in [0.717, 1.165) is 19.4 Å². The van der Waals surface area contributed by atoms with E-state index in [1.54, 1.807) is 6.07 Å². The molecule has 3 rings (SSSR count). The Labute approximate surface area is 152 Å². The predicted octanol–water partition coefficient (Wildman–Crippen LogP) is 2.29. The molecule has 2 aromatic rings. The number of anilines is 1. The summed E-state index contributed by atoms with van der Waals surface area (Å²) >= 11 is 0. The van der Waals surface area contributed by atoms with Gasteiger partial charge in [0.25, 0.3) is 5.91 Å². The zero-order valence-electron chi connectivity index (χ0n) is 14.8. The third-order valence-corrected chi connectivity index (χ3v) is 4.54. The lowest BCUT2D eigenvalue weighted by Gasteiger charge is -2.24. The second-order valence-corrected chi connectivity index (χ2v) is 6.46. The maximum atomic E-state index is 11.4. The summed E-state index contributed by atoms with van der Waals surface area (Å²) in [6, 6.07) is 11.4. The van der Waals surface area contributed by atoms with Gasteiger partial charge in [-0.1, -0.05) is 24.3 Å². The molecule has 1 unspecified atom stereocenters. The van der Waals surface area contributed by atoms with Crippen molar-refractivity contribution < 1.29 is 19.7 Å². The van der Waals surface area contributed by atoms with Crippen molar-refractivity contribution >= 4 is 11.6 Å². The monoisotopic (exact) mass is 356 g/mol. The van der Waals surface area contributed by atoms with E-state index in [0.29, 0.717) is 17.9 Å². The molecule has 4 N–H and O–H groups in total. The number of amides is 1. The summed E-state index contributed by atoms with van der Waals surface area (Å²) in [6.45, 7) is 3.13. The van der Waals surface area contributed by atoms with Gasteiger partial charge in [-0.25, -0.2) is 0 Å². The van der Waals surface area contributed by atoms with Crippen LogP contribution in [0.3, 0.4) is 0 Å². The van der Waals surface area contributed by atoms with Crippen molar-refractivity contribution in [1.82, 2.24) is 5.32 Å². The number of hydrogen-bond acceptors (Lipinski definition) is 5. The molecule has 1 aliphatic rings. The van der Waals surface area contributed by atoms with Gasteiger partial charge in [0.15, 0.2) is 12.4 Å². The number of aromatic hydroxyl groups is 1. The van der Waals surface area contributed by atoms with Crippen LogP contribution in [0.4, 0.5) is 5.69 Å². The molecular weight excluding hydrogens is 332 g/mol. The molecule has 0 saturated heterocycles. The summed E-state index contributed by atoms with van der Waals surface area (Å²) < 4.78 is 5.41. The Morgan fingerprint density at radius 1 is 1.27 bits per heavy atom. The fourth-order valence-corrected chi connectivity index (χ4v) is 3.08. The van der Waals surface area contributed by atoms with Gasteiger partial charge in [0.05, 0.1) is 6.10 Å². The second kappa shape index (κ2) is 8.21. The van der Waals surface area contributed by atoms with Gasteiger partial charge in [0.2, 0.25) is 0 Å². The zero-order valence-corrected chi connectivity index (χ0v) is 14.8. The molecule has 138 valence electrons. The molecule has 26 heavy (non-hydrogen) atoms. The van der Waals surface area contributed by atoms with E-state index in [1.165, 1.54) is 17.2 Å². The van der Waals surface area contributed by atoms with E-state index in [2.05, 4.69) is 29.7 Å². The molecule has 0 saturated carbocycles. The first-order valence-corrected chi connectivity index (χ1v) is 8.78. The Bertz CT molecular complexity index is 791. The van der Waals surface area contributed by atoms with Gasteiger partial charge in [0.1, 0.15) is 11.4 Å². The predicted molar refractivity (Wildman–Crippen MR) is 99.6 cm³/mol. The van der Waals surface area contributed by atoms with Crippen LogP contribution in [0.2, 0.25) is 0 Å². The van der Waals surface area contributed by atoms with Crippen LogP contribution in [0.15, 0.2) is 36.4 Å². The molecule has 1 heterocycles. The Kier molecular flexibility index (Phi) is 5.75. The Morgan fingerprint density at radius 2 is 2.08 bits per heavy atom. The number of carbonyl (C=O) groups is 1. The molecule has 1 amide bonds. The topological polar surface area (TPSA) is 90.8 Å². The number of rotatable bonds is 7. The summed E-state index contributed by atoms with van der Waals surface area (Å²) in [7, 11) is 0. The molecule has 6 nitrogen and oxygen atoms in total. The third-order valence-electron chi connectivity index (χ3n) is 4.54. The number of carbonyl (C=O) groups excluding carboxylic acids is 1. The number of hydrogen-bond donors (Lipinski definition) is 4. The van der Waals surface area contributed by atoms with Gasteiger partial charge in [-0.2, -0.15) is 0 Å². The lowest BCUT2D eigenvalue weighted by Crippen LogP contribution is -2.28. The first-order valence-electron chi connectivity index (χ1n) is 8.78. The highest BCUT2D eigenvalue weighted by molar-refractivity contribution is 5.97. The average Bonchev–Trinajstić information content (AvgIpc) is 2.63. The number of nitrogens with one attached hydrogen (secondary N) is 2. The Hall–Kier alpha value is -2.57. The fourth-order valence-electron chi connectivity index (χ4n) is 3.08. The van der Waals surface area contributed by atoms with Crippen LogP contribution < -0.4 is 15.4 Å². The quantitative estimate of drug-likeness (QED) is 0.451. The standard InChI is InChI=1S/C20H24N2O4/c1-13-5-2-3-6-14(13)7-4-10-21-11-17(24)15-8-9-16(23)19-20(15)26-12-18(25)22-19/h2-3,5-6,8-9,17,21,23-24H,4,7,10-12H2,1H3,(H,22,25). The number of aliphatic hydroxyl groups is 1. The van der Waals surface area contributed by atoms with Gasteiger partial charge >= 0.3 is 0 Å². The van der Waals surface area contributed by atoms with Crippen molar-refractivity contribution in [1.29, 1.82) is 0 Å². The normalized spacial score (nSPS) is 14.3. The van der Waals surface area contributed by atoms with Crippen molar-refractivity contribution in [3.63, 3.8) is 0 Å². The molecule has 2 aromatic carbocycles. The van der Waals surface area contributed by atoms with Crippen LogP contribution >= 0.6 is 0 Å². The Morgan fingerprint density at radius 3 is 2.88 bits per heavy atom. The summed E-state index contributed by atoms with van der Waals surface area (Å²) in [5.41, 5.74) is 3.40. The van der Waals surface area contributed by atoms with E-state index in [4.69, 9.17) is 4.74 Å². The van der Waals surface area contributed by atoms with E-state index >= 15 is 0 Å². The molecule has 0 fully saturated rings. The SMILES string of the molecule is Cc1ccccc1CCCNCC(O)c1ccc(O)c2c1OCC(=O)N2. The largest absolute Gasteiger partial charge is 0.506 e. The number of aliphatic hydroxyl groups excluding tert-OH is 1. The summed E-state index contributed by atoms with van der Waals surface area (Å²) in [4.78, 5) is 11.4. The second-order valence-electron chi connectivity index (χ2n) is 6.46. The number of phenols is 1. The highest BCUT2D eigenvalue weighted by atomic mass is 16.5. The maximum absolute atomic E-state index is 11.4. The molecule has 1 aliphatic heterocycles. The first-order chi connectivity index (χ1) is 12.6. The van der Waals surface area contributed by atoms with Crippen molar-refractivity contribution in [2.24, 2.45) is 0 Å². The summed E-state index contributed by atoms with van der Waals surface area (Å²) in [6.07, 6.45) is 1.16. The molecule has 0 bridgehead atoms. The molecule has 0 aliphatic carbocycles.